The zero-order chi connectivity index (χ0) is 49.9. The lowest BCUT2D eigenvalue weighted by molar-refractivity contribution is -0.139. The van der Waals surface area contributed by atoms with Crippen LogP contribution in [-0.4, -0.2) is 138 Å². The number of pyridine rings is 1. The molecule has 0 saturated carbocycles. The Bertz CT molecular complexity index is 3000. The van der Waals surface area contributed by atoms with Gasteiger partial charge in [0.1, 0.15) is 24.8 Å². The van der Waals surface area contributed by atoms with E-state index in [2.05, 4.69) is 75.6 Å². The van der Waals surface area contributed by atoms with Crippen molar-refractivity contribution in [2.24, 2.45) is 5.92 Å². The molecule has 372 valence electrons. The van der Waals surface area contributed by atoms with E-state index in [0.29, 0.717) is 77.2 Å². The highest BCUT2D eigenvalue weighted by molar-refractivity contribution is 9.10. The number of carbonyl (C=O) groups is 4. The number of halogens is 1. The molecular formula is C52H61BrN11O6P. The molecule has 3 aromatic carbocycles. The number of imide groups is 1. The smallest absolute Gasteiger partial charge is 0.255 e. The van der Waals surface area contributed by atoms with Crippen molar-refractivity contribution in [2.45, 2.75) is 70.5 Å². The summed E-state index contributed by atoms with van der Waals surface area (Å²) < 4.78 is 20.2. The fraction of sp³-hybridized carbons (Fsp3) is 0.442. The van der Waals surface area contributed by atoms with Crippen LogP contribution >= 0.6 is 23.1 Å². The van der Waals surface area contributed by atoms with Crippen LogP contribution in [0.1, 0.15) is 67.9 Å². The molecular weight excluding hydrogens is 986 g/mol. The molecule has 19 heteroatoms. The summed E-state index contributed by atoms with van der Waals surface area (Å²) in [5.41, 5.74) is 6.11. The second-order valence-corrected chi connectivity index (χ2v) is 24.2. The lowest BCUT2D eigenvalue weighted by Crippen LogP contribution is -2.59. The second-order valence-electron chi connectivity index (χ2n) is 20.2. The number of piperidine rings is 2. The summed E-state index contributed by atoms with van der Waals surface area (Å²) in [6.45, 7) is 15.7. The van der Waals surface area contributed by atoms with E-state index in [0.717, 1.165) is 79.0 Å². The molecule has 0 aliphatic carbocycles. The third-order valence-electron chi connectivity index (χ3n) is 15.1. The summed E-state index contributed by atoms with van der Waals surface area (Å²) in [4.78, 5) is 77.0. The van der Waals surface area contributed by atoms with Gasteiger partial charge in [0, 0.05) is 105 Å². The van der Waals surface area contributed by atoms with Gasteiger partial charge in [-0.3, -0.25) is 34.4 Å². The average molecular weight is 1050 g/mol. The molecule has 4 amide bonds. The Hall–Kier alpha value is -6.10. The monoisotopic (exact) mass is 1050 g/mol. The zero-order valence-corrected chi connectivity index (χ0v) is 43.6. The Morgan fingerprint density at radius 2 is 1.65 bits per heavy atom. The maximum Gasteiger partial charge on any atom is 0.255 e. The van der Waals surface area contributed by atoms with E-state index in [4.69, 9.17) is 9.72 Å². The number of nitrogens with one attached hydrogen (secondary N) is 3. The van der Waals surface area contributed by atoms with E-state index in [1.54, 1.807) is 37.7 Å². The third-order valence-corrected chi connectivity index (χ3v) is 17.2. The Morgan fingerprint density at radius 1 is 0.901 bits per heavy atom. The van der Waals surface area contributed by atoms with Gasteiger partial charge in [0.25, 0.3) is 5.91 Å². The minimum atomic E-state index is -2.73. The lowest BCUT2D eigenvalue weighted by atomic mass is 9.90. The summed E-state index contributed by atoms with van der Waals surface area (Å²) in [6.07, 6.45) is 6.76. The second kappa shape index (κ2) is 19.1. The average Bonchev–Trinajstić information content (AvgIpc) is 3.54. The molecule has 0 radical (unpaired) electrons. The van der Waals surface area contributed by atoms with Gasteiger partial charge in [-0.1, -0.05) is 31.2 Å². The van der Waals surface area contributed by atoms with Crippen LogP contribution in [-0.2, 0) is 30.9 Å². The van der Waals surface area contributed by atoms with Crippen LogP contribution in [0.3, 0.4) is 0 Å². The largest absolute Gasteiger partial charge is 0.494 e. The fourth-order valence-electron chi connectivity index (χ4n) is 11.3. The molecule has 5 aliphatic rings. The van der Waals surface area contributed by atoms with E-state index >= 15 is 0 Å². The number of hydrogen-bond donors (Lipinski definition) is 3. The van der Waals surface area contributed by atoms with Gasteiger partial charge in [-0.15, -0.1) is 0 Å². The predicted octanol–water partition coefficient (Wildman–Crippen LogP) is 6.84. The van der Waals surface area contributed by atoms with Crippen molar-refractivity contribution in [2.75, 3.05) is 93.2 Å². The summed E-state index contributed by atoms with van der Waals surface area (Å²) in [6, 6.07) is 17.6. The number of amides is 4. The highest BCUT2D eigenvalue weighted by Crippen LogP contribution is 2.45. The van der Waals surface area contributed by atoms with Crippen molar-refractivity contribution < 1.29 is 28.5 Å². The number of rotatable bonds is 12. The molecule has 0 bridgehead atoms. The molecule has 4 fully saturated rings. The van der Waals surface area contributed by atoms with Crippen molar-refractivity contribution in [1.29, 1.82) is 0 Å². The minimum absolute atomic E-state index is 0.0973. The standard InChI is InChI=1S/C52H61BrN11O6P/c1-7-31-24-40(57-51-55-27-38(53)47(59-51)56-41-28-54-39-11-9-8-10-35(39)46(41)71(5,6)69)44(70-4)26-43(31)61-18-16-33(17-19-61)60-20-22-62(23-21-60)49(67)32-29-63(30-32)34-12-13-37-36(25-34)50(68)64(52(37,2)3)42-14-15-45(65)58-48(42)66/h8-13,24-28,32-33,42H,7,14-23,29-30H2,1-6H3,(H,58,65,66)(H2,55,56,57,59). The quantitative estimate of drug-likeness (QED) is 0.0872. The van der Waals surface area contributed by atoms with Crippen molar-refractivity contribution in [1.82, 2.24) is 35.0 Å². The van der Waals surface area contributed by atoms with Crippen LogP contribution in [0.2, 0.25) is 0 Å². The summed E-state index contributed by atoms with van der Waals surface area (Å²) in [7, 11) is -1.06. The van der Waals surface area contributed by atoms with E-state index < -0.39 is 24.6 Å². The molecule has 4 saturated heterocycles. The number of aryl methyl sites for hydroxylation is 1. The Balaban J connectivity index is 0.727. The van der Waals surface area contributed by atoms with Gasteiger partial charge < -0.3 is 39.5 Å². The number of nitrogens with zero attached hydrogens (tertiary/aromatic N) is 8. The molecule has 5 aromatic rings. The number of para-hydroxylation sites is 1. The van der Waals surface area contributed by atoms with Gasteiger partial charge in [-0.05, 0) is 104 Å². The Morgan fingerprint density at radius 3 is 2.35 bits per heavy atom. The van der Waals surface area contributed by atoms with Gasteiger partial charge >= 0.3 is 0 Å². The van der Waals surface area contributed by atoms with Crippen molar-refractivity contribution in [3.05, 3.63) is 88.2 Å². The molecule has 5 aliphatic heterocycles. The van der Waals surface area contributed by atoms with Crippen LogP contribution in [0.4, 0.5) is 34.5 Å². The number of hydrogen-bond acceptors (Lipinski definition) is 14. The molecule has 10 rings (SSSR count). The molecule has 7 heterocycles. The maximum absolute atomic E-state index is 13.8. The Labute approximate surface area is 422 Å². The van der Waals surface area contributed by atoms with Gasteiger partial charge in [0.05, 0.1) is 46.1 Å². The molecule has 1 unspecified atom stereocenters. The van der Waals surface area contributed by atoms with E-state index in [9.17, 15) is 23.7 Å². The summed E-state index contributed by atoms with van der Waals surface area (Å²) in [5.74, 6) is 0.707. The predicted molar refractivity (Wildman–Crippen MR) is 280 cm³/mol. The molecule has 17 nitrogen and oxygen atoms in total. The number of piperazine rings is 1. The number of anilines is 6. The van der Waals surface area contributed by atoms with Crippen molar-refractivity contribution >= 4 is 97.4 Å². The van der Waals surface area contributed by atoms with Gasteiger partial charge in [-0.2, -0.15) is 4.98 Å². The number of carbonyl (C=O) groups excluding carboxylic acids is 4. The molecule has 1 atom stereocenters. The first-order valence-corrected chi connectivity index (χ1v) is 28.0. The first-order chi connectivity index (χ1) is 34.0. The van der Waals surface area contributed by atoms with Crippen LogP contribution in [0.15, 0.2) is 71.5 Å². The van der Waals surface area contributed by atoms with Crippen LogP contribution in [0, 0.1) is 5.92 Å². The molecule has 71 heavy (non-hydrogen) atoms. The lowest BCUT2D eigenvalue weighted by Gasteiger charge is -2.46. The van der Waals surface area contributed by atoms with E-state index in [1.165, 1.54) is 5.56 Å². The zero-order valence-electron chi connectivity index (χ0n) is 41.1. The van der Waals surface area contributed by atoms with Crippen LogP contribution < -0.4 is 35.8 Å². The highest BCUT2D eigenvalue weighted by atomic mass is 79.9. The van der Waals surface area contributed by atoms with E-state index in [-0.39, 0.29) is 30.1 Å². The number of fused-ring (bicyclic) bond motifs is 2. The minimum Gasteiger partial charge on any atom is -0.494 e. The Kier molecular flexibility index (Phi) is 13.1. The molecule has 0 spiro atoms. The molecule has 3 N–H and O–H groups in total. The number of methoxy groups -OCH3 is 1. The number of aromatic nitrogens is 3. The first kappa shape index (κ1) is 48.5. The number of ether oxygens (including phenoxy) is 1. The molecule has 2 aromatic heterocycles. The summed E-state index contributed by atoms with van der Waals surface area (Å²) >= 11 is 3.60. The van der Waals surface area contributed by atoms with Crippen LogP contribution in [0.25, 0.3) is 10.9 Å². The SMILES string of the molecule is CCc1cc(Nc2ncc(Br)c(Nc3cnc4ccccc4c3P(C)(C)=O)n2)c(OC)cc1N1CCC(N2CCN(C(=O)C3CN(c4ccc5c(c4)C(=O)N(C4CCC(=O)NC4=O)C5(C)C)C3)CC2)CC1. The van der Waals surface area contributed by atoms with Crippen molar-refractivity contribution in [3.63, 3.8) is 0 Å². The number of benzene rings is 3. The van der Waals surface area contributed by atoms with Gasteiger partial charge in [0.2, 0.25) is 23.7 Å². The third kappa shape index (κ3) is 9.23. The summed E-state index contributed by atoms with van der Waals surface area (Å²) in [5, 5.41) is 10.7. The van der Waals surface area contributed by atoms with Crippen molar-refractivity contribution in [3.8, 4) is 5.75 Å². The van der Waals surface area contributed by atoms with E-state index in [1.807, 2.05) is 61.2 Å². The maximum atomic E-state index is 13.8. The van der Waals surface area contributed by atoms with Gasteiger partial charge in [0.15, 0.2) is 0 Å². The normalized spacial score (nSPS) is 20.0. The van der Waals surface area contributed by atoms with Gasteiger partial charge in [-0.25, -0.2) is 4.98 Å². The highest BCUT2D eigenvalue weighted by Gasteiger charge is 2.50. The topological polar surface area (TPSA) is 186 Å². The fourth-order valence-corrected chi connectivity index (χ4v) is 13.1. The first-order valence-electron chi connectivity index (χ1n) is 24.6. The van der Waals surface area contributed by atoms with Crippen LogP contribution in [0.5, 0.6) is 5.75 Å².